The number of halogens is 2. The van der Waals surface area contributed by atoms with Crippen LogP contribution in [-0.2, 0) is 0 Å². The molecule has 4 rings (SSSR count). The quantitative estimate of drug-likeness (QED) is 0.457. The van der Waals surface area contributed by atoms with Crippen LogP contribution in [0.25, 0.3) is 11.1 Å². The normalized spacial score (nSPS) is 19.7. The minimum atomic E-state index is -2.64. The summed E-state index contributed by atoms with van der Waals surface area (Å²) in [4.78, 5) is 17.3. The van der Waals surface area contributed by atoms with E-state index >= 15 is 0 Å². The lowest BCUT2D eigenvalue weighted by Gasteiger charge is -2.30. The van der Waals surface area contributed by atoms with Crippen LogP contribution in [0.2, 0.25) is 0 Å². The Morgan fingerprint density at radius 1 is 1.03 bits per heavy atom. The molecule has 1 unspecified atom stereocenters. The number of hydrogen-bond donors (Lipinski definition) is 1. The van der Waals surface area contributed by atoms with E-state index in [4.69, 9.17) is 9.97 Å². The molecule has 1 aromatic carbocycles. The molecule has 1 N–H and O–H groups in total. The third kappa shape index (κ3) is 5.26. The first-order valence-corrected chi connectivity index (χ1v) is 11.2. The Morgan fingerprint density at radius 2 is 1.81 bits per heavy atom. The number of hydrogen-bond acceptors (Lipinski definition) is 5. The van der Waals surface area contributed by atoms with E-state index in [1.165, 1.54) is 37.9 Å². The van der Waals surface area contributed by atoms with Crippen molar-refractivity contribution in [2.45, 2.75) is 58.8 Å². The largest absolute Gasteiger partial charge is 0.324 e. The molecule has 0 aliphatic heterocycles. The number of nitrogens with one attached hydrogen (secondary N) is 1. The van der Waals surface area contributed by atoms with Crippen molar-refractivity contribution >= 4 is 11.6 Å². The Morgan fingerprint density at radius 3 is 2.53 bits per heavy atom. The molecule has 0 amide bonds. The summed E-state index contributed by atoms with van der Waals surface area (Å²) in [6.45, 7) is 6.55. The highest BCUT2D eigenvalue weighted by atomic mass is 19.3. The molecule has 5 nitrogen and oxygen atoms in total. The topological polar surface area (TPSA) is 63.6 Å². The molecule has 3 aromatic rings. The van der Waals surface area contributed by atoms with E-state index in [-0.39, 0.29) is 11.6 Å². The summed E-state index contributed by atoms with van der Waals surface area (Å²) in [6.07, 6.45) is 7.54. The molecule has 0 spiro atoms. The van der Waals surface area contributed by atoms with Gasteiger partial charge in [-0.15, -0.1) is 0 Å². The predicted octanol–water partition coefficient (Wildman–Crippen LogP) is 6.85. The molecule has 32 heavy (non-hydrogen) atoms. The zero-order chi connectivity index (χ0) is 22.7. The molecule has 1 aliphatic rings. The number of aromatic nitrogens is 4. The van der Waals surface area contributed by atoms with Gasteiger partial charge in [0.1, 0.15) is 11.5 Å². The molecule has 168 valence electrons. The number of rotatable bonds is 6. The number of aryl methyl sites for hydroxylation is 1. The van der Waals surface area contributed by atoms with Gasteiger partial charge in [-0.05, 0) is 60.9 Å². The molecule has 7 heteroatoms. The first kappa shape index (κ1) is 22.2. The van der Waals surface area contributed by atoms with E-state index in [0.29, 0.717) is 11.8 Å². The zero-order valence-electron chi connectivity index (χ0n) is 18.7. The second kappa shape index (κ2) is 9.67. The van der Waals surface area contributed by atoms with Crippen molar-refractivity contribution in [2.75, 3.05) is 5.32 Å². The van der Waals surface area contributed by atoms with Gasteiger partial charge >= 0.3 is 0 Å². The van der Waals surface area contributed by atoms with Crippen molar-refractivity contribution in [3.8, 4) is 11.1 Å². The van der Waals surface area contributed by atoms with Gasteiger partial charge in [-0.25, -0.2) is 28.7 Å². The summed E-state index contributed by atoms with van der Waals surface area (Å²) in [7, 11) is 0. The van der Waals surface area contributed by atoms with E-state index in [2.05, 4.69) is 29.1 Å². The Bertz CT molecular complexity index is 1050. The van der Waals surface area contributed by atoms with Crippen molar-refractivity contribution in [2.24, 2.45) is 11.8 Å². The second-order valence-electron chi connectivity index (χ2n) is 8.97. The van der Waals surface area contributed by atoms with E-state index in [1.54, 1.807) is 0 Å². The lowest BCUT2D eigenvalue weighted by Crippen LogP contribution is -2.20. The Labute approximate surface area is 187 Å². The van der Waals surface area contributed by atoms with E-state index in [0.717, 1.165) is 34.1 Å². The van der Waals surface area contributed by atoms with Gasteiger partial charge in [0.05, 0.1) is 0 Å². The monoisotopic (exact) mass is 437 g/mol. The van der Waals surface area contributed by atoms with E-state index in [1.807, 2.05) is 37.5 Å². The van der Waals surface area contributed by atoms with Gasteiger partial charge in [-0.1, -0.05) is 32.8 Å². The highest BCUT2D eigenvalue weighted by molar-refractivity contribution is 5.70. The maximum absolute atomic E-state index is 12.9. The molecule has 2 aromatic heterocycles. The highest BCUT2D eigenvalue weighted by Crippen LogP contribution is 2.37. The van der Waals surface area contributed by atoms with Crippen LogP contribution in [0, 0.1) is 18.8 Å². The first-order chi connectivity index (χ1) is 15.4. The first-order valence-electron chi connectivity index (χ1n) is 11.2. The van der Waals surface area contributed by atoms with Crippen LogP contribution < -0.4 is 5.32 Å². The number of anilines is 2. The molecule has 0 bridgehead atoms. The number of nitrogens with zero attached hydrogens (tertiary/aromatic N) is 4. The Hall–Kier alpha value is -2.96. The second-order valence-corrected chi connectivity index (χ2v) is 8.97. The van der Waals surface area contributed by atoms with Gasteiger partial charge < -0.3 is 5.32 Å². The lowest BCUT2D eigenvalue weighted by atomic mass is 9.76. The lowest BCUT2D eigenvalue weighted by molar-refractivity contribution is 0.146. The molecular weight excluding hydrogens is 408 g/mol. The SMILES string of the molecule is Cc1cc(Nc2nccc(C(F)F)n2)cc(-c2cnc([C@H](C)C3CCC[C@H](C)C3)nc2)c1. The summed E-state index contributed by atoms with van der Waals surface area (Å²) >= 11 is 0. The summed E-state index contributed by atoms with van der Waals surface area (Å²) in [5.74, 6) is 2.81. The van der Waals surface area contributed by atoms with Gasteiger partial charge in [0.25, 0.3) is 6.43 Å². The van der Waals surface area contributed by atoms with Crippen LogP contribution in [0.4, 0.5) is 20.4 Å². The molecule has 2 heterocycles. The molecule has 0 radical (unpaired) electrons. The maximum atomic E-state index is 12.9. The van der Waals surface area contributed by atoms with Crippen LogP contribution in [0.5, 0.6) is 0 Å². The summed E-state index contributed by atoms with van der Waals surface area (Å²) < 4.78 is 25.9. The van der Waals surface area contributed by atoms with Crippen LogP contribution in [0.3, 0.4) is 0 Å². The van der Waals surface area contributed by atoms with Crippen molar-refractivity contribution in [1.82, 2.24) is 19.9 Å². The van der Waals surface area contributed by atoms with E-state index in [9.17, 15) is 8.78 Å². The summed E-state index contributed by atoms with van der Waals surface area (Å²) in [5, 5.41) is 3.03. The standard InChI is InChI=1S/C25H29F2N5/c1-15-5-4-6-18(9-15)17(3)24-29-13-20(14-30-24)19-10-16(2)11-21(12-19)31-25-28-8-7-22(32-25)23(26)27/h7-8,10-15,17-18,23H,4-6,9H2,1-3H3,(H,28,31,32)/t15-,17+,18?/m0/s1. The summed E-state index contributed by atoms with van der Waals surface area (Å²) in [6, 6.07) is 7.11. The van der Waals surface area contributed by atoms with Crippen LogP contribution in [-0.4, -0.2) is 19.9 Å². The Balaban J connectivity index is 1.52. The van der Waals surface area contributed by atoms with Gasteiger partial charge in [-0.2, -0.15) is 0 Å². The average molecular weight is 438 g/mol. The van der Waals surface area contributed by atoms with Crippen LogP contribution in [0.15, 0.2) is 42.9 Å². The molecule has 3 atom stereocenters. The van der Waals surface area contributed by atoms with E-state index < -0.39 is 6.43 Å². The highest BCUT2D eigenvalue weighted by Gasteiger charge is 2.26. The minimum Gasteiger partial charge on any atom is -0.324 e. The molecule has 1 saturated carbocycles. The molecular formula is C25H29F2N5. The number of alkyl halides is 2. The predicted molar refractivity (Wildman–Crippen MR) is 122 cm³/mol. The smallest absolute Gasteiger partial charge is 0.280 e. The van der Waals surface area contributed by atoms with Crippen molar-refractivity contribution < 1.29 is 8.78 Å². The third-order valence-electron chi connectivity index (χ3n) is 6.33. The van der Waals surface area contributed by atoms with Crippen molar-refractivity contribution in [1.29, 1.82) is 0 Å². The zero-order valence-corrected chi connectivity index (χ0v) is 18.7. The van der Waals surface area contributed by atoms with Crippen LogP contribution >= 0.6 is 0 Å². The van der Waals surface area contributed by atoms with Crippen molar-refractivity contribution in [3.05, 3.63) is 59.9 Å². The average Bonchev–Trinajstić information content (AvgIpc) is 2.78. The minimum absolute atomic E-state index is 0.140. The number of benzene rings is 1. The molecule has 0 saturated heterocycles. The van der Waals surface area contributed by atoms with Gasteiger partial charge in [0.2, 0.25) is 5.95 Å². The summed E-state index contributed by atoms with van der Waals surface area (Å²) in [5.41, 5.74) is 3.29. The fourth-order valence-corrected chi connectivity index (χ4v) is 4.57. The fraction of sp³-hybridized carbons (Fsp3) is 0.440. The Kier molecular flexibility index (Phi) is 6.72. The van der Waals surface area contributed by atoms with Gasteiger partial charge in [0, 0.05) is 35.8 Å². The fourth-order valence-electron chi connectivity index (χ4n) is 4.57. The van der Waals surface area contributed by atoms with Crippen molar-refractivity contribution in [3.63, 3.8) is 0 Å². The van der Waals surface area contributed by atoms with Gasteiger partial charge in [-0.3, -0.25) is 0 Å². The third-order valence-corrected chi connectivity index (χ3v) is 6.33. The van der Waals surface area contributed by atoms with Crippen LogP contribution in [0.1, 0.15) is 69.0 Å². The maximum Gasteiger partial charge on any atom is 0.280 e. The molecule has 1 fully saturated rings. The molecule has 1 aliphatic carbocycles. The van der Waals surface area contributed by atoms with Gasteiger partial charge in [0.15, 0.2) is 0 Å².